The van der Waals surface area contributed by atoms with Gasteiger partial charge in [-0.25, -0.2) is 9.37 Å². The molecule has 0 atom stereocenters. The second-order valence-corrected chi connectivity index (χ2v) is 3.63. The molecule has 0 spiro atoms. The molecule has 94 valence electrons. The van der Waals surface area contributed by atoms with E-state index in [0.717, 1.165) is 12.3 Å². The van der Waals surface area contributed by atoms with E-state index in [1.54, 1.807) is 0 Å². The zero-order chi connectivity index (χ0) is 13.1. The van der Waals surface area contributed by atoms with Crippen LogP contribution in [-0.2, 0) is 0 Å². The number of nitrogens with zero attached hydrogens (tertiary/aromatic N) is 2. The van der Waals surface area contributed by atoms with Crippen LogP contribution in [0.4, 0.5) is 13.2 Å². The fourth-order valence-corrected chi connectivity index (χ4v) is 1.45. The third-order valence-electron chi connectivity index (χ3n) is 2.06. The molecule has 0 fully saturated rings. The molecule has 2 aromatic rings. The summed E-state index contributed by atoms with van der Waals surface area (Å²) in [7, 11) is 0. The van der Waals surface area contributed by atoms with Gasteiger partial charge in [0.15, 0.2) is 0 Å². The largest absolute Gasteiger partial charge is 0.433 e. The Morgan fingerprint density at radius 2 is 1.94 bits per heavy atom. The fourth-order valence-electron chi connectivity index (χ4n) is 1.31. The summed E-state index contributed by atoms with van der Waals surface area (Å²) in [6, 6.07) is 3.66. The predicted molar refractivity (Wildman–Crippen MR) is 59.1 cm³/mol. The Hall–Kier alpha value is -1.82. The normalized spacial score (nSPS) is 10.7. The van der Waals surface area contributed by atoms with Crippen LogP contribution in [0.1, 0.15) is 0 Å². The Morgan fingerprint density at radius 1 is 1.17 bits per heavy atom. The summed E-state index contributed by atoms with van der Waals surface area (Å²) < 4.78 is 41.5. The molecule has 2 aromatic heterocycles. The molecule has 18 heavy (non-hydrogen) atoms. The molecule has 0 aromatic carbocycles. The molecule has 0 saturated heterocycles. The van der Waals surface area contributed by atoms with Crippen molar-refractivity contribution in [1.29, 1.82) is 0 Å². The van der Waals surface area contributed by atoms with Crippen LogP contribution >= 0.6 is 11.6 Å². The molecule has 0 aliphatic rings. The minimum Gasteiger partial charge on any atom is -0.433 e. The number of hydrogen-bond donors (Lipinski definition) is 0. The number of ether oxygens (including phenoxy) is 1. The lowest BCUT2D eigenvalue weighted by atomic mass is 10.2. The number of pyridine rings is 2. The molecule has 2 heterocycles. The molecule has 0 aliphatic carbocycles. The van der Waals surface area contributed by atoms with Crippen LogP contribution in [-0.4, -0.2) is 16.6 Å². The first-order valence-electron chi connectivity index (χ1n) is 4.78. The number of rotatable bonds is 3. The first-order valence-corrected chi connectivity index (χ1v) is 5.16. The molecule has 0 amide bonds. The second-order valence-electron chi connectivity index (χ2n) is 3.24. The molecular weight excluding hydrogens is 269 g/mol. The first kappa shape index (κ1) is 12.6. The summed E-state index contributed by atoms with van der Waals surface area (Å²) in [5, 5.41) is 0.0221. The number of halogens is 4. The van der Waals surface area contributed by atoms with Crippen molar-refractivity contribution in [2.24, 2.45) is 0 Å². The number of alkyl halides is 2. The van der Waals surface area contributed by atoms with E-state index in [4.69, 9.17) is 11.6 Å². The Morgan fingerprint density at radius 3 is 2.50 bits per heavy atom. The highest BCUT2D eigenvalue weighted by Gasteiger charge is 2.09. The highest BCUT2D eigenvalue weighted by molar-refractivity contribution is 6.29. The van der Waals surface area contributed by atoms with Crippen LogP contribution in [0.5, 0.6) is 5.75 Å². The average Bonchev–Trinajstić information content (AvgIpc) is 2.30. The van der Waals surface area contributed by atoms with E-state index in [0.29, 0.717) is 0 Å². The quantitative estimate of drug-likeness (QED) is 0.803. The van der Waals surface area contributed by atoms with Crippen molar-refractivity contribution in [2.45, 2.75) is 6.61 Å². The van der Waals surface area contributed by atoms with E-state index in [1.165, 1.54) is 18.3 Å². The minimum atomic E-state index is -2.92. The van der Waals surface area contributed by atoms with E-state index >= 15 is 0 Å². The van der Waals surface area contributed by atoms with Gasteiger partial charge in [0.25, 0.3) is 0 Å². The molecular formula is C11H6ClF3N2O. The maximum Gasteiger partial charge on any atom is 0.387 e. The van der Waals surface area contributed by atoms with E-state index in [2.05, 4.69) is 14.7 Å². The third kappa shape index (κ3) is 2.89. The van der Waals surface area contributed by atoms with Crippen molar-refractivity contribution in [3.8, 4) is 17.0 Å². The molecule has 7 heteroatoms. The van der Waals surface area contributed by atoms with Crippen LogP contribution in [0.3, 0.4) is 0 Å². The lowest BCUT2D eigenvalue weighted by Crippen LogP contribution is -2.02. The Kier molecular flexibility index (Phi) is 3.66. The summed E-state index contributed by atoms with van der Waals surface area (Å²) in [4.78, 5) is 7.53. The Balaban J connectivity index is 2.28. The van der Waals surface area contributed by atoms with E-state index < -0.39 is 12.4 Å². The molecule has 0 saturated carbocycles. The average molecular weight is 275 g/mol. The van der Waals surface area contributed by atoms with E-state index in [-0.39, 0.29) is 22.2 Å². The van der Waals surface area contributed by atoms with Crippen molar-refractivity contribution in [2.75, 3.05) is 0 Å². The lowest BCUT2D eigenvalue weighted by molar-refractivity contribution is -0.0500. The van der Waals surface area contributed by atoms with Gasteiger partial charge in [0.05, 0.1) is 17.5 Å². The summed E-state index contributed by atoms with van der Waals surface area (Å²) in [6.45, 7) is -2.92. The number of aromatic nitrogens is 2. The van der Waals surface area contributed by atoms with Gasteiger partial charge in [0.1, 0.15) is 16.7 Å². The fraction of sp³-hybridized carbons (Fsp3) is 0.0909. The summed E-state index contributed by atoms with van der Waals surface area (Å²) >= 11 is 5.51. The van der Waals surface area contributed by atoms with Gasteiger partial charge < -0.3 is 4.74 Å². The summed E-state index contributed by atoms with van der Waals surface area (Å²) in [5.41, 5.74) is 0.376. The van der Waals surface area contributed by atoms with Crippen LogP contribution in [0.25, 0.3) is 11.3 Å². The topological polar surface area (TPSA) is 35.0 Å². The number of hydrogen-bond acceptors (Lipinski definition) is 3. The predicted octanol–water partition coefficient (Wildman–Crippen LogP) is 3.54. The Bertz CT molecular complexity index is 548. The standard InChI is InChI=1S/C11H6ClF3N2O/c12-10-3-8(13)7(5-17-10)9-2-1-6(4-16-9)18-11(14)15/h1-5,11H. The maximum atomic E-state index is 13.5. The van der Waals surface area contributed by atoms with Crippen LogP contribution in [0.2, 0.25) is 5.15 Å². The molecule has 0 N–H and O–H groups in total. The highest BCUT2D eigenvalue weighted by atomic mass is 35.5. The maximum absolute atomic E-state index is 13.5. The second kappa shape index (κ2) is 5.22. The Labute approximate surface area is 105 Å². The summed E-state index contributed by atoms with van der Waals surface area (Å²) in [6.07, 6.45) is 2.29. The van der Waals surface area contributed by atoms with Crippen molar-refractivity contribution < 1.29 is 17.9 Å². The van der Waals surface area contributed by atoms with Crippen molar-refractivity contribution in [3.05, 3.63) is 41.6 Å². The van der Waals surface area contributed by atoms with Gasteiger partial charge in [-0.2, -0.15) is 8.78 Å². The van der Waals surface area contributed by atoms with Crippen LogP contribution < -0.4 is 4.74 Å². The van der Waals surface area contributed by atoms with Gasteiger partial charge in [-0.05, 0) is 12.1 Å². The van der Waals surface area contributed by atoms with Crippen molar-refractivity contribution in [1.82, 2.24) is 9.97 Å². The molecule has 2 rings (SSSR count). The van der Waals surface area contributed by atoms with Crippen molar-refractivity contribution in [3.63, 3.8) is 0 Å². The van der Waals surface area contributed by atoms with Gasteiger partial charge in [-0.1, -0.05) is 11.6 Å². The van der Waals surface area contributed by atoms with Gasteiger partial charge in [-0.15, -0.1) is 0 Å². The zero-order valence-corrected chi connectivity index (χ0v) is 9.53. The van der Waals surface area contributed by atoms with E-state index in [1.807, 2.05) is 0 Å². The third-order valence-corrected chi connectivity index (χ3v) is 2.26. The molecule has 0 bridgehead atoms. The summed E-state index contributed by atoms with van der Waals surface area (Å²) in [5.74, 6) is -0.693. The van der Waals surface area contributed by atoms with Crippen molar-refractivity contribution >= 4 is 11.6 Å². The van der Waals surface area contributed by atoms with Gasteiger partial charge >= 0.3 is 6.61 Å². The van der Waals surface area contributed by atoms with E-state index in [9.17, 15) is 13.2 Å². The monoisotopic (exact) mass is 274 g/mol. The first-order chi connectivity index (χ1) is 8.56. The highest BCUT2D eigenvalue weighted by Crippen LogP contribution is 2.23. The molecule has 0 unspecified atom stereocenters. The van der Waals surface area contributed by atoms with Crippen LogP contribution in [0, 0.1) is 5.82 Å². The molecule has 0 aliphatic heterocycles. The lowest BCUT2D eigenvalue weighted by Gasteiger charge is -2.05. The zero-order valence-electron chi connectivity index (χ0n) is 8.78. The molecule has 3 nitrogen and oxygen atoms in total. The van der Waals surface area contributed by atoms with Gasteiger partial charge in [0, 0.05) is 12.3 Å². The smallest absolute Gasteiger partial charge is 0.387 e. The molecule has 0 radical (unpaired) electrons. The van der Waals surface area contributed by atoms with Crippen LogP contribution in [0.15, 0.2) is 30.6 Å². The SMILES string of the molecule is Fc1cc(Cl)ncc1-c1ccc(OC(F)F)cn1. The van der Waals surface area contributed by atoms with Gasteiger partial charge in [-0.3, -0.25) is 4.98 Å². The minimum absolute atomic E-state index is 0.0221. The van der Waals surface area contributed by atoms with Gasteiger partial charge in [0.2, 0.25) is 0 Å².